The molecule has 0 spiro atoms. The van der Waals surface area contributed by atoms with Gasteiger partial charge in [0.05, 0.1) is 11.6 Å². The minimum Gasteiger partial charge on any atom is -0.371 e. The van der Waals surface area contributed by atoms with E-state index in [9.17, 15) is 0 Å². The third kappa shape index (κ3) is 3.01. The molecule has 1 saturated carbocycles. The van der Waals surface area contributed by atoms with Crippen LogP contribution >= 0.6 is 15.9 Å². The molecule has 1 aromatic rings. The Balaban J connectivity index is 2.17. The summed E-state index contributed by atoms with van der Waals surface area (Å²) in [6, 6.07) is 8.15. The molecule has 17 heavy (non-hydrogen) atoms. The zero-order valence-electron chi connectivity index (χ0n) is 10.1. The standard InChI is InChI=1S/C14H17BrN2/c1-2-17(10-11-4-3-5-11)14-7-12(9-16)6-13(15)8-14/h6-8,11H,2-5,10H2,1H3. The van der Waals surface area contributed by atoms with Crippen LogP contribution in [0.15, 0.2) is 22.7 Å². The van der Waals surface area contributed by atoms with Crippen LogP contribution in [0.4, 0.5) is 5.69 Å². The second-order valence-electron chi connectivity index (χ2n) is 4.65. The van der Waals surface area contributed by atoms with Crippen LogP contribution < -0.4 is 4.90 Å². The molecule has 2 nitrogen and oxygen atoms in total. The molecule has 1 fully saturated rings. The summed E-state index contributed by atoms with van der Waals surface area (Å²) in [5.74, 6) is 0.847. The van der Waals surface area contributed by atoms with Gasteiger partial charge in [0.25, 0.3) is 0 Å². The van der Waals surface area contributed by atoms with E-state index in [0.717, 1.165) is 34.7 Å². The number of benzene rings is 1. The van der Waals surface area contributed by atoms with Gasteiger partial charge in [-0.2, -0.15) is 5.26 Å². The van der Waals surface area contributed by atoms with E-state index < -0.39 is 0 Å². The first-order chi connectivity index (χ1) is 8.22. The van der Waals surface area contributed by atoms with Gasteiger partial charge in [-0.1, -0.05) is 22.4 Å². The highest BCUT2D eigenvalue weighted by molar-refractivity contribution is 9.10. The molecule has 1 aromatic carbocycles. The normalized spacial score (nSPS) is 15.1. The second-order valence-corrected chi connectivity index (χ2v) is 5.56. The predicted molar refractivity (Wildman–Crippen MR) is 74.1 cm³/mol. The number of halogens is 1. The molecular weight excluding hydrogens is 276 g/mol. The third-order valence-electron chi connectivity index (χ3n) is 3.46. The second kappa shape index (κ2) is 5.55. The van der Waals surface area contributed by atoms with Crippen LogP contribution in [0.1, 0.15) is 31.7 Å². The van der Waals surface area contributed by atoms with Gasteiger partial charge in [0.15, 0.2) is 0 Å². The van der Waals surface area contributed by atoms with E-state index in [0.29, 0.717) is 0 Å². The van der Waals surface area contributed by atoms with Gasteiger partial charge < -0.3 is 4.90 Å². The van der Waals surface area contributed by atoms with E-state index >= 15 is 0 Å². The molecule has 0 aliphatic heterocycles. The SMILES string of the molecule is CCN(CC1CCC1)c1cc(Br)cc(C#N)c1. The number of hydrogen-bond acceptors (Lipinski definition) is 2. The average molecular weight is 293 g/mol. The maximum absolute atomic E-state index is 8.99. The lowest BCUT2D eigenvalue weighted by molar-refractivity contribution is 0.318. The molecule has 2 rings (SSSR count). The minimum absolute atomic E-state index is 0.724. The molecule has 0 bridgehead atoms. The fourth-order valence-corrected chi connectivity index (χ4v) is 2.71. The molecule has 0 atom stereocenters. The molecule has 1 aliphatic rings. The molecular formula is C14H17BrN2. The van der Waals surface area contributed by atoms with Crippen molar-refractivity contribution >= 4 is 21.6 Å². The minimum atomic E-state index is 0.724. The Labute approximate surface area is 111 Å². The van der Waals surface area contributed by atoms with Crippen molar-refractivity contribution in [2.24, 2.45) is 5.92 Å². The van der Waals surface area contributed by atoms with E-state index in [-0.39, 0.29) is 0 Å². The zero-order chi connectivity index (χ0) is 12.3. The summed E-state index contributed by atoms with van der Waals surface area (Å²) in [4.78, 5) is 2.37. The monoisotopic (exact) mass is 292 g/mol. The molecule has 0 unspecified atom stereocenters. The van der Waals surface area contributed by atoms with Gasteiger partial charge in [0.1, 0.15) is 0 Å². The zero-order valence-corrected chi connectivity index (χ0v) is 11.7. The maximum Gasteiger partial charge on any atom is 0.0992 e. The van der Waals surface area contributed by atoms with E-state index in [1.807, 2.05) is 12.1 Å². The first-order valence-corrected chi connectivity index (χ1v) is 6.98. The van der Waals surface area contributed by atoms with Crippen molar-refractivity contribution < 1.29 is 0 Å². The Hall–Kier alpha value is -1.01. The summed E-state index contributed by atoms with van der Waals surface area (Å²) in [5.41, 5.74) is 1.88. The molecule has 3 heteroatoms. The molecule has 1 aliphatic carbocycles. The summed E-state index contributed by atoms with van der Waals surface area (Å²) in [5, 5.41) is 8.99. The number of nitrogens with zero attached hydrogens (tertiary/aromatic N) is 2. The van der Waals surface area contributed by atoms with Crippen LogP contribution in [0.5, 0.6) is 0 Å². The number of rotatable bonds is 4. The Morgan fingerprint density at radius 3 is 2.71 bits per heavy atom. The van der Waals surface area contributed by atoms with E-state index in [2.05, 4.69) is 39.9 Å². The quantitative estimate of drug-likeness (QED) is 0.840. The molecule has 0 aromatic heterocycles. The summed E-state index contributed by atoms with van der Waals surface area (Å²) in [6.07, 6.45) is 4.09. The summed E-state index contributed by atoms with van der Waals surface area (Å²) >= 11 is 3.47. The van der Waals surface area contributed by atoms with Gasteiger partial charge in [-0.25, -0.2) is 0 Å². The average Bonchev–Trinajstić information content (AvgIpc) is 2.27. The smallest absolute Gasteiger partial charge is 0.0992 e. The van der Waals surface area contributed by atoms with Crippen LogP contribution in [0.3, 0.4) is 0 Å². The van der Waals surface area contributed by atoms with Crippen LogP contribution in [0.2, 0.25) is 0 Å². The molecule has 0 saturated heterocycles. The van der Waals surface area contributed by atoms with Crippen molar-refractivity contribution in [3.05, 3.63) is 28.2 Å². The Bertz CT molecular complexity index is 432. The largest absolute Gasteiger partial charge is 0.371 e. The summed E-state index contributed by atoms with van der Waals surface area (Å²) < 4.78 is 0.985. The van der Waals surface area contributed by atoms with Crippen molar-refractivity contribution in [3.63, 3.8) is 0 Å². The van der Waals surface area contributed by atoms with E-state index in [1.54, 1.807) is 0 Å². The lowest BCUT2D eigenvalue weighted by atomic mass is 9.85. The molecule has 0 amide bonds. The highest BCUT2D eigenvalue weighted by Crippen LogP contribution is 2.30. The van der Waals surface area contributed by atoms with Crippen molar-refractivity contribution in [1.82, 2.24) is 0 Å². The van der Waals surface area contributed by atoms with Gasteiger partial charge in [-0.3, -0.25) is 0 Å². The van der Waals surface area contributed by atoms with Crippen LogP contribution in [0.25, 0.3) is 0 Å². The predicted octanol–water partition coefficient (Wildman–Crippen LogP) is 3.95. The molecule has 0 N–H and O–H groups in total. The first-order valence-electron chi connectivity index (χ1n) is 6.18. The summed E-state index contributed by atoms with van der Waals surface area (Å²) in [6.45, 7) is 4.29. The number of hydrogen-bond donors (Lipinski definition) is 0. The topological polar surface area (TPSA) is 27.0 Å². The summed E-state index contributed by atoms with van der Waals surface area (Å²) in [7, 11) is 0. The van der Waals surface area contributed by atoms with Gasteiger partial charge in [0, 0.05) is 23.2 Å². The van der Waals surface area contributed by atoms with Crippen molar-refractivity contribution in [2.45, 2.75) is 26.2 Å². The fourth-order valence-electron chi connectivity index (χ4n) is 2.23. The molecule has 90 valence electrons. The van der Waals surface area contributed by atoms with Gasteiger partial charge in [-0.05, 0) is 43.9 Å². The highest BCUT2D eigenvalue weighted by Gasteiger charge is 2.20. The fraction of sp³-hybridized carbons (Fsp3) is 0.500. The number of anilines is 1. The highest BCUT2D eigenvalue weighted by atomic mass is 79.9. The van der Waals surface area contributed by atoms with Gasteiger partial charge in [0.2, 0.25) is 0 Å². The van der Waals surface area contributed by atoms with Gasteiger partial charge in [-0.15, -0.1) is 0 Å². The Morgan fingerprint density at radius 1 is 1.41 bits per heavy atom. The van der Waals surface area contributed by atoms with E-state index in [4.69, 9.17) is 5.26 Å². The molecule has 0 heterocycles. The lowest BCUT2D eigenvalue weighted by Crippen LogP contribution is -2.32. The van der Waals surface area contributed by atoms with Crippen LogP contribution in [-0.2, 0) is 0 Å². The lowest BCUT2D eigenvalue weighted by Gasteiger charge is -2.33. The maximum atomic E-state index is 8.99. The van der Waals surface area contributed by atoms with Crippen molar-refractivity contribution in [1.29, 1.82) is 5.26 Å². The number of nitriles is 1. The van der Waals surface area contributed by atoms with Crippen LogP contribution in [0, 0.1) is 17.2 Å². The molecule has 0 radical (unpaired) electrons. The van der Waals surface area contributed by atoms with Gasteiger partial charge >= 0.3 is 0 Å². The Morgan fingerprint density at radius 2 is 2.18 bits per heavy atom. The van der Waals surface area contributed by atoms with Crippen LogP contribution in [-0.4, -0.2) is 13.1 Å². The van der Waals surface area contributed by atoms with Crippen molar-refractivity contribution in [3.8, 4) is 6.07 Å². The van der Waals surface area contributed by atoms with Crippen molar-refractivity contribution in [2.75, 3.05) is 18.0 Å². The first kappa shape index (κ1) is 12.4. The third-order valence-corrected chi connectivity index (χ3v) is 3.92. The Kier molecular flexibility index (Phi) is 4.06. The van der Waals surface area contributed by atoms with E-state index in [1.165, 1.54) is 19.3 Å².